The summed E-state index contributed by atoms with van der Waals surface area (Å²) in [5.41, 5.74) is 2.22. The van der Waals surface area contributed by atoms with Crippen LogP contribution in [0.4, 0.5) is 0 Å². The molecule has 0 bridgehead atoms. The molecule has 1 saturated heterocycles. The summed E-state index contributed by atoms with van der Waals surface area (Å²) in [6, 6.07) is 17.9. The fourth-order valence-electron chi connectivity index (χ4n) is 2.67. The molecule has 0 saturated carbocycles. The molecule has 0 radical (unpaired) electrons. The van der Waals surface area contributed by atoms with Gasteiger partial charge < -0.3 is 15.4 Å². The Bertz CT molecular complexity index is 626. The first-order valence-electron chi connectivity index (χ1n) is 8.08. The Labute approximate surface area is 149 Å². The highest BCUT2D eigenvalue weighted by Gasteiger charge is 2.21. The van der Waals surface area contributed by atoms with Crippen LogP contribution < -0.4 is 15.4 Å². The fraction of sp³-hybridized carbons (Fsp3) is 0.316. The third-order valence-electron chi connectivity index (χ3n) is 4.02. The van der Waals surface area contributed by atoms with Crippen molar-refractivity contribution in [1.82, 2.24) is 10.6 Å². The van der Waals surface area contributed by atoms with Crippen molar-refractivity contribution in [2.45, 2.75) is 32.0 Å². The van der Waals surface area contributed by atoms with E-state index >= 15 is 0 Å². The maximum atomic E-state index is 11.9. The van der Waals surface area contributed by atoms with Gasteiger partial charge in [-0.2, -0.15) is 0 Å². The number of nitrogens with one attached hydrogen (secondary N) is 2. The third kappa shape index (κ3) is 5.25. The Hall–Kier alpha value is -2.04. The predicted molar refractivity (Wildman–Crippen MR) is 97.3 cm³/mol. The molecule has 0 aliphatic carbocycles. The molecule has 1 heterocycles. The van der Waals surface area contributed by atoms with Gasteiger partial charge in [0.15, 0.2) is 0 Å². The van der Waals surface area contributed by atoms with Gasteiger partial charge in [0, 0.05) is 6.54 Å². The minimum Gasteiger partial charge on any atom is -0.489 e. The predicted octanol–water partition coefficient (Wildman–Crippen LogP) is 3.06. The van der Waals surface area contributed by atoms with Crippen molar-refractivity contribution in [3.8, 4) is 5.75 Å². The van der Waals surface area contributed by atoms with Crippen molar-refractivity contribution in [3.63, 3.8) is 0 Å². The number of ether oxygens (including phenoxy) is 1. The van der Waals surface area contributed by atoms with Crippen molar-refractivity contribution in [3.05, 3.63) is 65.7 Å². The zero-order chi connectivity index (χ0) is 15.9. The van der Waals surface area contributed by atoms with Crippen molar-refractivity contribution < 1.29 is 9.53 Å². The van der Waals surface area contributed by atoms with Crippen LogP contribution >= 0.6 is 12.4 Å². The zero-order valence-corrected chi connectivity index (χ0v) is 14.4. The Morgan fingerprint density at radius 3 is 2.50 bits per heavy atom. The molecule has 24 heavy (non-hydrogen) atoms. The highest BCUT2D eigenvalue weighted by Crippen LogP contribution is 2.14. The van der Waals surface area contributed by atoms with Crippen LogP contribution in [0.5, 0.6) is 5.75 Å². The summed E-state index contributed by atoms with van der Waals surface area (Å²) in [7, 11) is 0. The van der Waals surface area contributed by atoms with E-state index in [9.17, 15) is 4.79 Å². The molecule has 1 amide bonds. The van der Waals surface area contributed by atoms with E-state index in [1.54, 1.807) is 0 Å². The molecule has 0 aromatic heterocycles. The van der Waals surface area contributed by atoms with E-state index in [2.05, 4.69) is 10.6 Å². The summed E-state index contributed by atoms with van der Waals surface area (Å²) < 4.78 is 5.76. The van der Waals surface area contributed by atoms with E-state index in [0.717, 1.165) is 36.3 Å². The molecule has 2 aromatic rings. The van der Waals surface area contributed by atoms with Crippen molar-refractivity contribution in [1.29, 1.82) is 0 Å². The lowest BCUT2D eigenvalue weighted by molar-refractivity contribution is -0.122. The summed E-state index contributed by atoms with van der Waals surface area (Å²) in [5.74, 6) is 0.924. The van der Waals surface area contributed by atoms with Gasteiger partial charge in [-0.1, -0.05) is 42.5 Å². The number of amides is 1. The number of benzene rings is 2. The average Bonchev–Trinajstić information content (AvgIpc) is 3.14. The molecule has 2 aromatic carbocycles. The van der Waals surface area contributed by atoms with Crippen LogP contribution in [0.2, 0.25) is 0 Å². The highest BCUT2D eigenvalue weighted by atomic mass is 35.5. The molecule has 4 nitrogen and oxygen atoms in total. The van der Waals surface area contributed by atoms with Crippen LogP contribution in [0, 0.1) is 0 Å². The lowest BCUT2D eigenvalue weighted by atomic mass is 10.2. The minimum absolute atomic E-state index is 0. The van der Waals surface area contributed by atoms with Gasteiger partial charge in [-0.05, 0) is 42.6 Å². The number of halogens is 1. The van der Waals surface area contributed by atoms with E-state index in [1.807, 2.05) is 54.6 Å². The van der Waals surface area contributed by atoms with Crippen LogP contribution in [0.1, 0.15) is 24.0 Å². The number of rotatable bonds is 6. The van der Waals surface area contributed by atoms with Crippen LogP contribution in [0.25, 0.3) is 0 Å². The van der Waals surface area contributed by atoms with Crippen LogP contribution in [-0.2, 0) is 17.9 Å². The topological polar surface area (TPSA) is 50.4 Å². The molecule has 0 spiro atoms. The number of hydrogen-bond acceptors (Lipinski definition) is 3. The highest BCUT2D eigenvalue weighted by molar-refractivity contribution is 5.85. The van der Waals surface area contributed by atoms with E-state index in [-0.39, 0.29) is 24.4 Å². The van der Waals surface area contributed by atoms with Gasteiger partial charge in [0.05, 0.1) is 6.04 Å². The van der Waals surface area contributed by atoms with Gasteiger partial charge in [0.25, 0.3) is 0 Å². The molecule has 1 aliphatic heterocycles. The van der Waals surface area contributed by atoms with E-state index in [1.165, 1.54) is 0 Å². The first kappa shape index (κ1) is 18.3. The smallest absolute Gasteiger partial charge is 0.237 e. The number of carbonyl (C=O) groups excluding carboxylic acids is 1. The Balaban J connectivity index is 0.00000208. The van der Waals surface area contributed by atoms with Gasteiger partial charge in [0.2, 0.25) is 5.91 Å². The fourth-order valence-corrected chi connectivity index (χ4v) is 2.67. The first-order chi connectivity index (χ1) is 11.3. The molecule has 1 fully saturated rings. The summed E-state index contributed by atoms with van der Waals surface area (Å²) in [5, 5.41) is 6.18. The monoisotopic (exact) mass is 346 g/mol. The molecule has 1 atom stereocenters. The molecule has 5 heteroatoms. The van der Waals surface area contributed by atoms with Gasteiger partial charge in [-0.15, -0.1) is 12.4 Å². The normalized spacial score (nSPS) is 16.2. The largest absolute Gasteiger partial charge is 0.489 e. The quantitative estimate of drug-likeness (QED) is 0.845. The summed E-state index contributed by atoms with van der Waals surface area (Å²) >= 11 is 0. The van der Waals surface area contributed by atoms with Crippen LogP contribution in [0.3, 0.4) is 0 Å². The Kier molecular flexibility index (Phi) is 7.09. The lowest BCUT2D eigenvalue weighted by Gasteiger charge is -2.11. The SMILES string of the molecule is Cl.O=C(NCc1ccc(OCc2ccccc2)cc1)C1CCCN1. The molecular weight excluding hydrogens is 324 g/mol. The summed E-state index contributed by atoms with van der Waals surface area (Å²) in [4.78, 5) is 11.9. The summed E-state index contributed by atoms with van der Waals surface area (Å²) in [6.07, 6.45) is 2.00. The second-order valence-electron chi connectivity index (χ2n) is 5.78. The van der Waals surface area contributed by atoms with Crippen molar-refractivity contribution in [2.75, 3.05) is 6.54 Å². The van der Waals surface area contributed by atoms with Crippen molar-refractivity contribution >= 4 is 18.3 Å². The number of hydrogen-bond donors (Lipinski definition) is 2. The second-order valence-corrected chi connectivity index (χ2v) is 5.78. The lowest BCUT2D eigenvalue weighted by Crippen LogP contribution is -2.39. The maximum Gasteiger partial charge on any atom is 0.237 e. The third-order valence-corrected chi connectivity index (χ3v) is 4.02. The van der Waals surface area contributed by atoms with Gasteiger partial charge >= 0.3 is 0 Å². The summed E-state index contributed by atoms with van der Waals surface area (Å²) in [6.45, 7) is 2.05. The Morgan fingerprint density at radius 2 is 1.83 bits per heavy atom. The molecule has 2 N–H and O–H groups in total. The minimum atomic E-state index is -0.0246. The van der Waals surface area contributed by atoms with E-state index in [0.29, 0.717) is 13.2 Å². The van der Waals surface area contributed by atoms with Crippen LogP contribution in [0.15, 0.2) is 54.6 Å². The standard InChI is InChI=1S/C19H22N2O2.ClH/c22-19(18-7-4-12-20-18)21-13-15-8-10-17(11-9-15)23-14-16-5-2-1-3-6-16;/h1-3,5-6,8-11,18,20H,4,7,12-14H2,(H,21,22);1H. The van der Waals surface area contributed by atoms with Crippen molar-refractivity contribution in [2.24, 2.45) is 0 Å². The molecule has 1 aliphatic rings. The second kappa shape index (κ2) is 9.30. The van der Waals surface area contributed by atoms with Crippen LogP contribution in [-0.4, -0.2) is 18.5 Å². The average molecular weight is 347 g/mol. The zero-order valence-electron chi connectivity index (χ0n) is 13.5. The van der Waals surface area contributed by atoms with E-state index < -0.39 is 0 Å². The molecule has 1 unspecified atom stereocenters. The first-order valence-corrected chi connectivity index (χ1v) is 8.08. The van der Waals surface area contributed by atoms with E-state index in [4.69, 9.17) is 4.74 Å². The Morgan fingerprint density at radius 1 is 1.08 bits per heavy atom. The number of carbonyl (C=O) groups is 1. The van der Waals surface area contributed by atoms with Gasteiger partial charge in [-0.25, -0.2) is 0 Å². The molecule has 3 rings (SSSR count). The van der Waals surface area contributed by atoms with Gasteiger partial charge in [-0.3, -0.25) is 4.79 Å². The molecule has 128 valence electrons. The maximum absolute atomic E-state index is 11.9. The van der Waals surface area contributed by atoms with Gasteiger partial charge in [0.1, 0.15) is 12.4 Å². The molecular formula is C19H23ClN2O2.